The predicted molar refractivity (Wildman–Crippen MR) is 102 cm³/mol. The molecule has 0 saturated carbocycles. The molecule has 2 aliphatic heterocycles. The van der Waals surface area contributed by atoms with Crippen molar-refractivity contribution in [2.24, 2.45) is 0 Å². The van der Waals surface area contributed by atoms with E-state index in [4.69, 9.17) is 16.3 Å². The maximum atomic E-state index is 14.5. The first kappa shape index (κ1) is 21.4. The maximum Gasteiger partial charge on any atom is 0.237 e. The second kappa shape index (κ2) is 9.85. The van der Waals surface area contributed by atoms with Crippen molar-refractivity contribution >= 4 is 29.9 Å². The van der Waals surface area contributed by atoms with Gasteiger partial charge in [-0.3, -0.25) is 9.69 Å². The molecule has 5 nitrogen and oxygen atoms in total. The van der Waals surface area contributed by atoms with E-state index >= 15 is 0 Å². The van der Waals surface area contributed by atoms with Gasteiger partial charge in [-0.05, 0) is 38.4 Å². The third-order valence-corrected chi connectivity index (χ3v) is 5.22. The summed E-state index contributed by atoms with van der Waals surface area (Å²) in [6, 6.07) is 4.24. The monoisotopic (exact) mass is 405 g/mol. The number of amides is 1. The number of morpholine rings is 1. The summed E-state index contributed by atoms with van der Waals surface area (Å²) >= 11 is 6.30. The average Bonchev–Trinajstić information content (AvgIpc) is 3.12. The van der Waals surface area contributed by atoms with Gasteiger partial charge in [0.2, 0.25) is 5.91 Å². The largest absolute Gasteiger partial charge is 0.376 e. The van der Waals surface area contributed by atoms with Crippen molar-refractivity contribution in [1.82, 2.24) is 15.5 Å². The molecule has 2 heterocycles. The molecule has 1 aromatic carbocycles. The Kier molecular flexibility index (Phi) is 8.10. The number of hydrogen-bond donors (Lipinski definition) is 2. The Labute approximate surface area is 165 Å². The number of nitrogens with zero attached hydrogens (tertiary/aromatic N) is 1. The second-order valence-electron chi connectivity index (χ2n) is 6.72. The quantitative estimate of drug-likeness (QED) is 0.789. The third-order valence-electron chi connectivity index (χ3n) is 4.89. The van der Waals surface area contributed by atoms with Crippen LogP contribution in [0, 0.1) is 5.82 Å². The summed E-state index contributed by atoms with van der Waals surface area (Å²) < 4.78 is 20.1. The van der Waals surface area contributed by atoms with Gasteiger partial charge in [0.05, 0.1) is 24.8 Å². The smallest absolute Gasteiger partial charge is 0.237 e. The summed E-state index contributed by atoms with van der Waals surface area (Å²) in [4.78, 5) is 14.5. The summed E-state index contributed by atoms with van der Waals surface area (Å²) in [6.07, 6.45) is 1.90. The Morgan fingerprint density at radius 2 is 2.35 bits per heavy atom. The molecule has 0 radical (unpaired) electrons. The molecule has 0 aliphatic carbocycles. The van der Waals surface area contributed by atoms with Gasteiger partial charge in [-0.1, -0.05) is 17.7 Å². The molecule has 3 unspecified atom stereocenters. The molecule has 146 valence electrons. The Hall–Kier alpha value is -0.920. The lowest BCUT2D eigenvalue weighted by Gasteiger charge is -2.38. The molecular weight excluding hydrogens is 380 g/mol. The Morgan fingerprint density at radius 1 is 1.54 bits per heavy atom. The van der Waals surface area contributed by atoms with Crippen LogP contribution in [0.4, 0.5) is 4.39 Å². The Morgan fingerprint density at radius 3 is 3.00 bits per heavy atom. The summed E-state index contributed by atoms with van der Waals surface area (Å²) in [5, 5.41) is 6.55. The molecule has 2 fully saturated rings. The van der Waals surface area contributed by atoms with Crippen LogP contribution in [0.3, 0.4) is 0 Å². The minimum Gasteiger partial charge on any atom is -0.376 e. The van der Waals surface area contributed by atoms with Crippen molar-refractivity contribution in [3.63, 3.8) is 0 Å². The second-order valence-corrected chi connectivity index (χ2v) is 7.13. The minimum atomic E-state index is -0.343. The van der Waals surface area contributed by atoms with Crippen LogP contribution < -0.4 is 10.6 Å². The lowest BCUT2D eigenvalue weighted by atomic mass is 10.0. The van der Waals surface area contributed by atoms with E-state index in [1.807, 2.05) is 6.92 Å². The normalized spacial score (nSPS) is 24.7. The number of carbonyl (C=O) groups excluding carboxylic acids is 1. The zero-order valence-corrected chi connectivity index (χ0v) is 16.4. The number of nitrogens with one attached hydrogen (secondary N) is 2. The van der Waals surface area contributed by atoms with Crippen LogP contribution in [0.1, 0.15) is 31.4 Å². The summed E-state index contributed by atoms with van der Waals surface area (Å²) in [7, 11) is 0. The average molecular weight is 406 g/mol. The number of carbonyl (C=O) groups is 1. The maximum absolute atomic E-state index is 14.5. The fraction of sp³-hybridized carbons (Fsp3) is 0.611. The van der Waals surface area contributed by atoms with E-state index in [9.17, 15) is 9.18 Å². The summed E-state index contributed by atoms with van der Waals surface area (Å²) in [5.41, 5.74) is 0.443. The van der Waals surface area contributed by atoms with E-state index in [1.54, 1.807) is 12.1 Å². The van der Waals surface area contributed by atoms with E-state index in [0.717, 1.165) is 19.4 Å². The van der Waals surface area contributed by atoms with Crippen molar-refractivity contribution in [1.29, 1.82) is 0 Å². The summed E-state index contributed by atoms with van der Waals surface area (Å²) in [6.45, 7) is 5.12. The van der Waals surface area contributed by atoms with Crippen molar-refractivity contribution < 1.29 is 13.9 Å². The standard InChI is InChI=1S/C18H25ClFN3O2.ClH/c1-12-11-23(8-9-25-12)16(17-13(19)4-2-5-14(17)20)10-22-18(24)15-6-3-7-21-15;/h2,4-5,12,15-16,21H,3,6-11H2,1H3,(H,22,24);1H. The van der Waals surface area contributed by atoms with E-state index in [0.29, 0.717) is 36.8 Å². The molecule has 1 amide bonds. The molecule has 0 aromatic heterocycles. The number of rotatable bonds is 5. The minimum absolute atomic E-state index is 0. The van der Waals surface area contributed by atoms with Gasteiger partial charge < -0.3 is 15.4 Å². The van der Waals surface area contributed by atoms with Crippen molar-refractivity contribution in [2.45, 2.75) is 38.0 Å². The van der Waals surface area contributed by atoms with Crippen LogP contribution in [0.5, 0.6) is 0 Å². The van der Waals surface area contributed by atoms with Crippen LogP contribution >= 0.6 is 24.0 Å². The highest BCUT2D eigenvalue weighted by atomic mass is 35.5. The molecule has 3 rings (SSSR count). The van der Waals surface area contributed by atoms with E-state index < -0.39 is 0 Å². The van der Waals surface area contributed by atoms with Crippen molar-refractivity contribution in [3.05, 3.63) is 34.6 Å². The predicted octanol–water partition coefficient (Wildman–Crippen LogP) is 2.53. The number of halogens is 3. The van der Waals surface area contributed by atoms with Gasteiger partial charge in [-0.25, -0.2) is 4.39 Å². The van der Waals surface area contributed by atoms with Gasteiger partial charge in [0, 0.05) is 30.2 Å². The van der Waals surface area contributed by atoms with Crippen LogP contribution in [0.25, 0.3) is 0 Å². The fourth-order valence-electron chi connectivity index (χ4n) is 3.60. The zero-order valence-electron chi connectivity index (χ0n) is 14.8. The molecule has 26 heavy (non-hydrogen) atoms. The van der Waals surface area contributed by atoms with E-state index in [-0.39, 0.29) is 42.3 Å². The van der Waals surface area contributed by atoms with Gasteiger partial charge in [-0.2, -0.15) is 0 Å². The molecule has 1 aromatic rings. The Balaban J connectivity index is 0.00000243. The van der Waals surface area contributed by atoms with Crippen LogP contribution in [0.2, 0.25) is 5.02 Å². The number of benzene rings is 1. The van der Waals surface area contributed by atoms with Gasteiger partial charge in [0.25, 0.3) is 0 Å². The van der Waals surface area contributed by atoms with E-state index in [1.165, 1.54) is 6.07 Å². The first-order chi connectivity index (χ1) is 12.1. The van der Waals surface area contributed by atoms with Crippen LogP contribution in [-0.2, 0) is 9.53 Å². The Bertz CT molecular complexity index is 594. The van der Waals surface area contributed by atoms with Gasteiger partial charge in [0.15, 0.2) is 0 Å². The molecule has 3 atom stereocenters. The van der Waals surface area contributed by atoms with Crippen LogP contribution in [0.15, 0.2) is 18.2 Å². The molecular formula is C18H26Cl2FN3O2. The lowest BCUT2D eigenvalue weighted by molar-refractivity contribution is -0.123. The summed E-state index contributed by atoms with van der Waals surface area (Å²) in [5.74, 6) is -0.374. The lowest BCUT2D eigenvalue weighted by Crippen LogP contribution is -2.49. The molecule has 2 N–H and O–H groups in total. The van der Waals surface area contributed by atoms with Crippen LogP contribution in [-0.4, -0.2) is 55.7 Å². The highest BCUT2D eigenvalue weighted by Gasteiger charge is 2.30. The topological polar surface area (TPSA) is 53.6 Å². The fourth-order valence-corrected chi connectivity index (χ4v) is 3.89. The van der Waals surface area contributed by atoms with Crippen molar-refractivity contribution in [3.8, 4) is 0 Å². The van der Waals surface area contributed by atoms with Crippen molar-refractivity contribution in [2.75, 3.05) is 32.8 Å². The first-order valence-corrected chi connectivity index (χ1v) is 9.24. The highest BCUT2D eigenvalue weighted by Crippen LogP contribution is 2.31. The zero-order chi connectivity index (χ0) is 17.8. The van der Waals surface area contributed by atoms with Gasteiger partial charge in [0.1, 0.15) is 5.82 Å². The van der Waals surface area contributed by atoms with E-state index in [2.05, 4.69) is 15.5 Å². The number of ether oxygens (including phenoxy) is 1. The molecule has 2 saturated heterocycles. The third kappa shape index (κ3) is 5.08. The van der Waals surface area contributed by atoms with Gasteiger partial charge in [-0.15, -0.1) is 12.4 Å². The molecule has 0 bridgehead atoms. The molecule has 8 heteroatoms. The molecule has 0 spiro atoms. The molecule has 2 aliphatic rings. The SMILES string of the molecule is CC1CN(C(CNC(=O)C2CCCN2)c2c(F)cccc2Cl)CCO1.Cl. The first-order valence-electron chi connectivity index (χ1n) is 8.87. The highest BCUT2D eigenvalue weighted by molar-refractivity contribution is 6.31. The number of hydrogen-bond acceptors (Lipinski definition) is 4. The van der Waals surface area contributed by atoms with Gasteiger partial charge >= 0.3 is 0 Å².